The summed E-state index contributed by atoms with van der Waals surface area (Å²) in [6, 6.07) is 0. The molecule has 0 unspecified atom stereocenters. The second-order valence-corrected chi connectivity index (χ2v) is 6.99. The van der Waals surface area contributed by atoms with E-state index in [1.54, 1.807) is 4.31 Å². The van der Waals surface area contributed by atoms with Crippen LogP contribution in [0.5, 0.6) is 0 Å². The lowest BCUT2D eigenvalue weighted by Gasteiger charge is -2.26. The average molecular weight is 283 g/mol. The van der Waals surface area contributed by atoms with Crippen LogP contribution >= 0.6 is 12.4 Å². The highest BCUT2D eigenvalue weighted by atomic mass is 35.5. The van der Waals surface area contributed by atoms with Gasteiger partial charge in [-0.2, -0.15) is 0 Å². The van der Waals surface area contributed by atoms with Crippen LogP contribution in [0, 0.1) is 5.92 Å². The molecule has 2 aliphatic rings. The van der Waals surface area contributed by atoms with Crippen LogP contribution in [0.15, 0.2) is 0 Å². The lowest BCUT2D eigenvalue weighted by atomic mass is 9.84. The Hall–Kier alpha value is 0.160. The Labute approximate surface area is 111 Å². The van der Waals surface area contributed by atoms with E-state index < -0.39 is 10.0 Å². The molecule has 0 spiro atoms. The van der Waals surface area contributed by atoms with Crippen LogP contribution in [-0.4, -0.2) is 44.7 Å². The van der Waals surface area contributed by atoms with Crippen molar-refractivity contribution in [1.29, 1.82) is 0 Å². The third kappa shape index (κ3) is 4.39. The number of nitrogens with zero attached hydrogens (tertiary/aromatic N) is 1. The average Bonchev–Trinajstić information content (AvgIpc) is 2.43. The van der Waals surface area contributed by atoms with Crippen molar-refractivity contribution in [3.8, 4) is 0 Å². The van der Waals surface area contributed by atoms with Crippen molar-refractivity contribution < 1.29 is 8.42 Å². The summed E-state index contributed by atoms with van der Waals surface area (Å²) in [5.74, 6) is 1.04. The van der Waals surface area contributed by atoms with E-state index in [1.165, 1.54) is 19.3 Å². The molecule has 0 aromatic heterocycles. The van der Waals surface area contributed by atoms with Gasteiger partial charge < -0.3 is 5.32 Å². The standard InChI is InChI=1S/C11H22N2O2S.ClH/c14-16(15,10-5-11-3-1-4-11)13-8-2-6-12-7-9-13;/h11-12H,1-10H2;1H. The summed E-state index contributed by atoms with van der Waals surface area (Å²) in [4.78, 5) is 0. The van der Waals surface area contributed by atoms with Gasteiger partial charge in [-0.05, 0) is 25.3 Å². The van der Waals surface area contributed by atoms with Crippen molar-refractivity contribution in [3.05, 3.63) is 0 Å². The first-order valence-electron chi connectivity index (χ1n) is 6.37. The summed E-state index contributed by atoms with van der Waals surface area (Å²) in [6.45, 7) is 3.07. The van der Waals surface area contributed by atoms with Crippen LogP contribution in [0.2, 0.25) is 0 Å². The summed E-state index contributed by atoms with van der Waals surface area (Å²) in [6.07, 6.45) is 5.56. The number of nitrogens with one attached hydrogen (secondary N) is 1. The summed E-state index contributed by atoms with van der Waals surface area (Å²) >= 11 is 0. The molecule has 1 aliphatic carbocycles. The monoisotopic (exact) mass is 282 g/mol. The summed E-state index contributed by atoms with van der Waals surface area (Å²) in [5.41, 5.74) is 0. The van der Waals surface area contributed by atoms with E-state index in [-0.39, 0.29) is 12.4 Å². The Morgan fingerprint density at radius 1 is 1.12 bits per heavy atom. The molecule has 1 heterocycles. The van der Waals surface area contributed by atoms with E-state index in [0.717, 1.165) is 25.9 Å². The quantitative estimate of drug-likeness (QED) is 0.844. The van der Waals surface area contributed by atoms with Crippen molar-refractivity contribution in [1.82, 2.24) is 9.62 Å². The van der Waals surface area contributed by atoms with Crippen LogP contribution in [0.3, 0.4) is 0 Å². The second-order valence-electron chi connectivity index (χ2n) is 4.90. The molecule has 17 heavy (non-hydrogen) atoms. The molecule has 0 radical (unpaired) electrons. The van der Waals surface area contributed by atoms with Crippen LogP contribution in [-0.2, 0) is 10.0 Å². The van der Waals surface area contributed by atoms with Crippen molar-refractivity contribution in [2.75, 3.05) is 31.9 Å². The fraction of sp³-hybridized carbons (Fsp3) is 1.00. The second kappa shape index (κ2) is 6.92. The number of hydrogen-bond acceptors (Lipinski definition) is 3. The summed E-state index contributed by atoms with van der Waals surface area (Å²) in [7, 11) is -2.98. The van der Waals surface area contributed by atoms with E-state index >= 15 is 0 Å². The Morgan fingerprint density at radius 3 is 2.53 bits per heavy atom. The maximum atomic E-state index is 12.1. The van der Waals surface area contributed by atoms with Gasteiger partial charge in [-0.1, -0.05) is 19.3 Å². The van der Waals surface area contributed by atoms with Crippen LogP contribution in [0.25, 0.3) is 0 Å². The molecular formula is C11H23ClN2O2S. The normalized spacial score (nSPS) is 23.5. The largest absolute Gasteiger partial charge is 0.315 e. The summed E-state index contributed by atoms with van der Waals surface area (Å²) < 4.78 is 25.8. The minimum atomic E-state index is -2.98. The highest BCUT2D eigenvalue weighted by molar-refractivity contribution is 7.89. The zero-order valence-corrected chi connectivity index (χ0v) is 11.9. The number of halogens is 1. The molecule has 0 bridgehead atoms. The molecule has 1 N–H and O–H groups in total. The van der Waals surface area contributed by atoms with Gasteiger partial charge in [0.25, 0.3) is 0 Å². The Bertz CT molecular complexity index is 309. The molecule has 1 aliphatic heterocycles. The molecule has 4 nitrogen and oxygen atoms in total. The highest BCUT2D eigenvalue weighted by Crippen LogP contribution is 2.29. The fourth-order valence-corrected chi connectivity index (χ4v) is 3.99. The third-order valence-electron chi connectivity index (χ3n) is 3.70. The van der Waals surface area contributed by atoms with Gasteiger partial charge in [0.15, 0.2) is 0 Å². The maximum absolute atomic E-state index is 12.1. The molecule has 2 rings (SSSR count). The molecule has 0 atom stereocenters. The van der Waals surface area contributed by atoms with Crippen LogP contribution in [0.1, 0.15) is 32.1 Å². The van der Waals surface area contributed by atoms with Gasteiger partial charge in [-0.3, -0.25) is 0 Å². The van der Waals surface area contributed by atoms with Gasteiger partial charge in [-0.15, -0.1) is 12.4 Å². The van der Waals surface area contributed by atoms with Crippen molar-refractivity contribution in [3.63, 3.8) is 0 Å². The number of rotatable bonds is 4. The summed E-state index contributed by atoms with van der Waals surface area (Å²) in [5, 5.41) is 3.23. The molecule has 0 aromatic rings. The third-order valence-corrected chi connectivity index (χ3v) is 5.60. The van der Waals surface area contributed by atoms with Gasteiger partial charge in [-0.25, -0.2) is 12.7 Å². The topological polar surface area (TPSA) is 49.4 Å². The fourth-order valence-electron chi connectivity index (χ4n) is 2.33. The van der Waals surface area contributed by atoms with Gasteiger partial charge in [0.2, 0.25) is 10.0 Å². The minimum absolute atomic E-state index is 0. The van der Waals surface area contributed by atoms with E-state index in [9.17, 15) is 8.42 Å². The Morgan fingerprint density at radius 2 is 1.88 bits per heavy atom. The highest BCUT2D eigenvalue weighted by Gasteiger charge is 2.25. The molecule has 102 valence electrons. The Kier molecular flexibility index (Phi) is 6.20. The molecule has 1 saturated heterocycles. The smallest absolute Gasteiger partial charge is 0.214 e. The molecule has 2 fully saturated rings. The van der Waals surface area contributed by atoms with Gasteiger partial charge in [0.05, 0.1) is 5.75 Å². The van der Waals surface area contributed by atoms with E-state index in [0.29, 0.717) is 24.8 Å². The molecule has 0 amide bonds. The van der Waals surface area contributed by atoms with Gasteiger partial charge in [0.1, 0.15) is 0 Å². The van der Waals surface area contributed by atoms with E-state index in [1.807, 2.05) is 0 Å². The molecule has 6 heteroatoms. The molecule has 0 aromatic carbocycles. The van der Waals surface area contributed by atoms with Crippen LogP contribution in [0.4, 0.5) is 0 Å². The SMILES string of the molecule is Cl.O=S(=O)(CCC1CCC1)N1CCCNCC1. The lowest BCUT2D eigenvalue weighted by molar-refractivity contribution is 0.305. The molecule has 1 saturated carbocycles. The maximum Gasteiger partial charge on any atom is 0.214 e. The predicted octanol–water partition coefficient (Wildman–Crippen LogP) is 1.22. The predicted molar refractivity (Wildman–Crippen MR) is 72.1 cm³/mol. The van der Waals surface area contributed by atoms with E-state index in [2.05, 4.69) is 5.32 Å². The van der Waals surface area contributed by atoms with Gasteiger partial charge >= 0.3 is 0 Å². The van der Waals surface area contributed by atoms with Crippen LogP contribution < -0.4 is 5.32 Å². The first-order valence-corrected chi connectivity index (χ1v) is 7.98. The van der Waals surface area contributed by atoms with Gasteiger partial charge in [0, 0.05) is 19.6 Å². The molecular weight excluding hydrogens is 260 g/mol. The van der Waals surface area contributed by atoms with Crippen molar-refractivity contribution in [2.45, 2.75) is 32.1 Å². The number of hydrogen-bond donors (Lipinski definition) is 1. The first-order chi connectivity index (χ1) is 7.68. The van der Waals surface area contributed by atoms with Crippen molar-refractivity contribution in [2.24, 2.45) is 5.92 Å². The van der Waals surface area contributed by atoms with Crippen molar-refractivity contribution >= 4 is 22.4 Å². The first kappa shape index (κ1) is 15.2. The zero-order valence-electron chi connectivity index (χ0n) is 10.2. The number of sulfonamides is 1. The zero-order chi connectivity index (χ0) is 11.4. The minimum Gasteiger partial charge on any atom is -0.315 e. The van der Waals surface area contributed by atoms with E-state index in [4.69, 9.17) is 0 Å². The Balaban J connectivity index is 0.00000144. The lowest BCUT2D eigenvalue weighted by Crippen LogP contribution is -2.36.